The number of nitrogens with zero attached hydrogens (tertiary/aromatic N) is 1. The summed E-state index contributed by atoms with van der Waals surface area (Å²) in [5.41, 5.74) is 5.92. The van der Waals surface area contributed by atoms with Crippen LogP contribution in [0.2, 0.25) is 5.15 Å². The van der Waals surface area contributed by atoms with Crippen LogP contribution in [-0.4, -0.2) is 10.9 Å². The van der Waals surface area contributed by atoms with Crippen LogP contribution in [0.4, 0.5) is 5.82 Å². The summed E-state index contributed by atoms with van der Waals surface area (Å²) in [5.74, 6) is 1.42. The van der Waals surface area contributed by atoms with E-state index in [1.165, 1.54) is 12.1 Å². The molecule has 19 heavy (non-hydrogen) atoms. The minimum absolute atomic E-state index is 0.187. The molecule has 0 aliphatic heterocycles. The van der Waals surface area contributed by atoms with Crippen LogP contribution >= 0.6 is 11.6 Å². The summed E-state index contributed by atoms with van der Waals surface area (Å²) in [6, 6.07) is 6.37. The highest BCUT2D eigenvalue weighted by Gasteiger charge is 2.15. The Balaban J connectivity index is 2.12. The van der Waals surface area contributed by atoms with Gasteiger partial charge in [0.2, 0.25) is 0 Å². The van der Waals surface area contributed by atoms with Gasteiger partial charge in [-0.1, -0.05) is 11.6 Å². The number of furan rings is 1. The van der Waals surface area contributed by atoms with Gasteiger partial charge in [0.1, 0.15) is 22.5 Å². The first-order chi connectivity index (χ1) is 8.95. The summed E-state index contributed by atoms with van der Waals surface area (Å²) in [7, 11) is 0. The minimum atomic E-state index is -0.280. The van der Waals surface area contributed by atoms with Gasteiger partial charge in [-0.25, -0.2) is 4.98 Å². The molecule has 2 heterocycles. The van der Waals surface area contributed by atoms with E-state index < -0.39 is 0 Å². The molecular formula is C13H14ClN3O2. The molecule has 0 aromatic carbocycles. The zero-order valence-electron chi connectivity index (χ0n) is 10.6. The molecule has 0 bridgehead atoms. The number of carbonyl (C=O) groups excluding carboxylic acids is 1. The largest absolute Gasteiger partial charge is 0.464 e. The highest BCUT2D eigenvalue weighted by atomic mass is 35.5. The molecule has 6 heteroatoms. The second kappa shape index (κ2) is 5.32. The molecule has 0 aliphatic carbocycles. The second-order valence-electron chi connectivity index (χ2n) is 4.25. The molecule has 5 nitrogen and oxygen atoms in total. The van der Waals surface area contributed by atoms with E-state index in [0.29, 0.717) is 11.3 Å². The summed E-state index contributed by atoms with van der Waals surface area (Å²) in [6.07, 6.45) is 0. The van der Waals surface area contributed by atoms with Crippen molar-refractivity contribution in [1.29, 1.82) is 0 Å². The first-order valence-corrected chi connectivity index (χ1v) is 6.14. The fourth-order valence-corrected chi connectivity index (χ4v) is 1.90. The lowest BCUT2D eigenvalue weighted by Crippen LogP contribution is -2.26. The molecule has 2 aromatic rings. The number of carbonyl (C=O) groups is 1. The Labute approximate surface area is 115 Å². The number of halogens is 1. The summed E-state index contributed by atoms with van der Waals surface area (Å²) in [5, 5.41) is 2.99. The summed E-state index contributed by atoms with van der Waals surface area (Å²) >= 11 is 5.76. The van der Waals surface area contributed by atoms with E-state index in [0.717, 1.165) is 5.76 Å². The topological polar surface area (TPSA) is 81.2 Å². The number of rotatable bonds is 3. The quantitative estimate of drug-likeness (QED) is 0.847. The molecule has 0 radical (unpaired) electrons. The molecule has 0 fully saturated rings. The van der Waals surface area contributed by atoms with Gasteiger partial charge in [-0.2, -0.15) is 0 Å². The first-order valence-electron chi connectivity index (χ1n) is 5.76. The van der Waals surface area contributed by atoms with Crippen LogP contribution in [-0.2, 0) is 0 Å². The number of nitrogen functional groups attached to an aromatic ring is 1. The van der Waals surface area contributed by atoms with Crippen molar-refractivity contribution >= 4 is 23.3 Å². The van der Waals surface area contributed by atoms with Crippen molar-refractivity contribution in [3.05, 3.63) is 46.5 Å². The van der Waals surface area contributed by atoms with Gasteiger partial charge in [0.05, 0.1) is 6.04 Å². The predicted octanol–water partition coefficient (Wildman–Crippen LogP) is 2.71. The van der Waals surface area contributed by atoms with Crippen LogP contribution in [0.5, 0.6) is 0 Å². The number of amides is 1. The average molecular weight is 280 g/mol. The Morgan fingerprint density at radius 2 is 2.21 bits per heavy atom. The summed E-state index contributed by atoms with van der Waals surface area (Å²) in [4.78, 5) is 15.8. The van der Waals surface area contributed by atoms with Gasteiger partial charge in [-0.15, -0.1) is 0 Å². The lowest BCUT2D eigenvalue weighted by molar-refractivity contribution is 0.0935. The number of nitrogens with two attached hydrogens (primary N) is 1. The van der Waals surface area contributed by atoms with Gasteiger partial charge < -0.3 is 15.5 Å². The molecule has 0 spiro atoms. The first kappa shape index (κ1) is 13.4. The van der Waals surface area contributed by atoms with Crippen LogP contribution in [0.15, 0.2) is 28.7 Å². The molecule has 0 saturated carbocycles. The predicted molar refractivity (Wildman–Crippen MR) is 73.0 cm³/mol. The number of pyridine rings is 1. The van der Waals surface area contributed by atoms with Crippen molar-refractivity contribution in [3.63, 3.8) is 0 Å². The number of hydrogen-bond donors (Lipinski definition) is 2. The smallest absolute Gasteiger partial charge is 0.252 e. The molecule has 0 saturated heterocycles. The molecule has 100 valence electrons. The monoisotopic (exact) mass is 279 g/mol. The van der Waals surface area contributed by atoms with E-state index in [-0.39, 0.29) is 22.9 Å². The number of aromatic nitrogens is 1. The Bertz CT molecular complexity index is 589. The van der Waals surface area contributed by atoms with Crippen molar-refractivity contribution in [2.45, 2.75) is 19.9 Å². The molecule has 2 rings (SSSR count). The van der Waals surface area contributed by atoms with E-state index in [1.807, 2.05) is 26.0 Å². The third kappa shape index (κ3) is 3.26. The van der Waals surface area contributed by atoms with E-state index in [2.05, 4.69) is 10.3 Å². The third-order valence-electron chi connectivity index (χ3n) is 2.61. The molecule has 1 amide bonds. The number of hydrogen-bond acceptors (Lipinski definition) is 4. The third-order valence-corrected chi connectivity index (χ3v) is 2.81. The fraction of sp³-hybridized carbons (Fsp3) is 0.231. The van der Waals surface area contributed by atoms with Crippen molar-refractivity contribution in [1.82, 2.24) is 10.3 Å². The van der Waals surface area contributed by atoms with Crippen LogP contribution in [0.3, 0.4) is 0 Å². The van der Waals surface area contributed by atoms with Crippen molar-refractivity contribution in [3.8, 4) is 0 Å². The number of aryl methyl sites for hydroxylation is 1. The Hall–Kier alpha value is -2.01. The van der Waals surface area contributed by atoms with Gasteiger partial charge >= 0.3 is 0 Å². The van der Waals surface area contributed by atoms with Crippen LogP contribution in [0.25, 0.3) is 0 Å². The van der Waals surface area contributed by atoms with Gasteiger partial charge in [-0.3, -0.25) is 4.79 Å². The number of nitrogens with one attached hydrogen (secondary N) is 1. The molecule has 0 aliphatic rings. The fourth-order valence-electron chi connectivity index (χ4n) is 1.69. The van der Waals surface area contributed by atoms with Gasteiger partial charge in [0.25, 0.3) is 5.91 Å². The van der Waals surface area contributed by atoms with Crippen molar-refractivity contribution < 1.29 is 9.21 Å². The zero-order chi connectivity index (χ0) is 14.0. The van der Waals surface area contributed by atoms with Gasteiger partial charge in [0, 0.05) is 5.56 Å². The average Bonchev–Trinajstić information content (AvgIpc) is 2.74. The summed E-state index contributed by atoms with van der Waals surface area (Å²) in [6.45, 7) is 3.68. The Kier molecular flexibility index (Phi) is 3.76. The van der Waals surface area contributed by atoms with Gasteiger partial charge in [0.15, 0.2) is 0 Å². The Morgan fingerprint density at radius 1 is 1.47 bits per heavy atom. The van der Waals surface area contributed by atoms with E-state index in [4.69, 9.17) is 21.8 Å². The maximum atomic E-state index is 12.0. The maximum absolute atomic E-state index is 12.0. The van der Waals surface area contributed by atoms with Crippen LogP contribution in [0, 0.1) is 6.92 Å². The zero-order valence-corrected chi connectivity index (χ0v) is 11.4. The van der Waals surface area contributed by atoms with E-state index in [9.17, 15) is 4.79 Å². The Morgan fingerprint density at radius 3 is 2.79 bits per heavy atom. The highest BCUT2D eigenvalue weighted by Crippen LogP contribution is 2.17. The minimum Gasteiger partial charge on any atom is -0.464 e. The molecular weight excluding hydrogens is 266 g/mol. The molecule has 1 unspecified atom stereocenters. The lowest BCUT2D eigenvalue weighted by atomic mass is 10.2. The van der Waals surface area contributed by atoms with Crippen molar-refractivity contribution in [2.24, 2.45) is 0 Å². The normalized spacial score (nSPS) is 12.2. The van der Waals surface area contributed by atoms with Crippen molar-refractivity contribution in [2.75, 3.05) is 5.73 Å². The second-order valence-corrected chi connectivity index (χ2v) is 4.63. The molecule has 2 aromatic heterocycles. The SMILES string of the molecule is Cc1ccc(C(C)NC(=O)c2cc(N)nc(Cl)c2)o1. The van der Waals surface area contributed by atoms with Gasteiger partial charge in [-0.05, 0) is 38.1 Å². The summed E-state index contributed by atoms with van der Waals surface area (Å²) < 4.78 is 5.45. The maximum Gasteiger partial charge on any atom is 0.252 e. The molecule has 3 N–H and O–H groups in total. The highest BCUT2D eigenvalue weighted by molar-refractivity contribution is 6.29. The molecule has 1 atom stereocenters. The van der Waals surface area contributed by atoms with E-state index >= 15 is 0 Å². The number of anilines is 1. The standard InChI is InChI=1S/C13H14ClN3O2/c1-7-3-4-10(19-7)8(2)16-13(18)9-5-11(14)17-12(15)6-9/h3-6,8H,1-2H3,(H2,15,17)(H,16,18). The van der Waals surface area contributed by atoms with E-state index in [1.54, 1.807) is 0 Å². The lowest BCUT2D eigenvalue weighted by Gasteiger charge is -2.11. The van der Waals surface area contributed by atoms with Crippen LogP contribution < -0.4 is 11.1 Å². The van der Waals surface area contributed by atoms with Crippen LogP contribution in [0.1, 0.15) is 34.8 Å².